The zero-order valence-corrected chi connectivity index (χ0v) is 12.5. The SMILES string of the molecule is Fc1ccccc1-c1cc2c(nn1)[C@@]1(n3ccnc3)CC[C@@H]2C1. The van der Waals surface area contributed by atoms with Crippen molar-refractivity contribution in [1.82, 2.24) is 19.7 Å². The lowest BCUT2D eigenvalue weighted by Crippen LogP contribution is -2.31. The molecule has 2 aliphatic rings. The van der Waals surface area contributed by atoms with Gasteiger partial charge in [-0.25, -0.2) is 9.37 Å². The van der Waals surface area contributed by atoms with Crippen LogP contribution in [0.3, 0.4) is 0 Å². The van der Waals surface area contributed by atoms with Gasteiger partial charge >= 0.3 is 0 Å². The molecule has 2 heterocycles. The molecule has 0 spiro atoms. The summed E-state index contributed by atoms with van der Waals surface area (Å²) in [6, 6.07) is 8.76. The van der Waals surface area contributed by atoms with Gasteiger partial charge < -0.3 is 4.57 Å². The highest BCUT2D eigenvalue weighted by Gasteiger charge is 2.52. The van der Waals surface area contributed by atoms with Gasteiger partial charge in [0.05, 0.1) is 23.3 Å². The van der Waals surface area contributed by atoms with Crippen molar-refractivity contribution in [2.24, 2.45) is 0 Å². The Morgan fingerprint density at radius 1 is 1.22 bits per heavy atom. The standard InChI is InChI=1S/C18H15FN4/c19-15-4-2-1-3-13(15)16-9-14-12-5-6-18(10-12,17(14)22-21-16)23-8-7-20-11-23/h1-4,7-9,11-12H,5-6,10H2/t12-,18-/m1/s1. The molecule has 23 heavy (non-hydrogen) atoms. The summed E-state index contributed by atoms with van der Waals surface area (Å²) in [7, 11) is 0. The number of nitrogens with zero attached hydrogens (tertiary/aromatic N) is 4. The van der Waals surface area contributed by atoms with Crippen molar-refractivity contribution in [2.75, 3.05) is 0 Å². The Morgan fingerprint density at radius 3 is 2.96 bits per heavy atom. The fourth-order valence-corrected chi connectivity index (χ4v) is 4.25. The van der Waals surface area contributed by atoms with Crippen LogP contribution >= 0.6 is 0 Å². The molecule has 0 amide bonds. The quantitative estimate of drug-likeness (QED) is 0.728. The zero-order chi connectivity index (χ0) is 15.4. The minimum absolute atomic E-state index is 0.114. The first kappa shape index (κ1) is 12.9. The molecule has 2 aliphatic carbocycles. The van der Waals surface area contributed by atoms with Crippen LogP contribution in [0.2, 0.25) is 0 Å². The monoisotopic (exact) mass is 306 g/mol. The van der Waals surface area contributed by atoms with E-state index in [2.05, 4.69) is 19.7 Å². The van der Waals surface area contributed by atoms with Crippen LogP contribution in [-0.2, 0) is 5.54 Å². The van der Waals surface area contributed by atoms with E-state index in [0.29, 0.717) is 17.2 Å². The minimum Gasteiger partial charge on any atom is -0.326 e. The smallest absolute Gasteiger partial charge is 0.132 e. The van der Waals surface area contributed by atoms with Gasteiger partial charge in [0, 0.05) is 18.0 Å². The second kappa shape index (κ2) is 4.47. The Labute approximate surface area is 133 Å². The highest BCUT2D eigenvalue weighted by molar-refractivity contribution is 5.61. The van der Waals surface area contributed by atoms with E-state index in [1.807, 2.05) is 24.7 Å². The van der Waals surface area contributed by atoms with E-state index in [1.54, 1.807) is 18.3 Å². The highest BCUT2D eigenvalue weighted by atomic mass is 19.1. The third kappa shape index (κ3) is 1.67. The second-order valence-electron chi connectivity index (χ2n) is 6.45. The van der Waals surface area contributed by atoms with Crippen molar-refractivity contribution in [1.29, 1.82) is 0 Å². The van der Waals surface area contributed by atoms with Gasteiger partial charge in [-0.2, -0.15) is 10.2 Å². The van der Waals surface area contributed by atoms with Crippen LogP contribution in [0.4, 0.5) is 4.39 Å². The molecule has 4 nitrogen and oxygen atoms in total. The van der Waals surface area contributed by atoms with Gasteiger partial charge in [-0.3, -0.25) is 0 Å². The summed E-state index contributed by atoms with van der Waals surface area (Å²) in [4.78, 5) is 4.19. The number of fused-ring (bicyclic) bond motifs is 5. The van der Waals surface area contributed by atoms with Gasteiger partial charge in [-0.1, -0.05) is 12.1 Å². The molecular weight excluding hydrogens is 291 g/mol. The molecule has 5 heteroatoms. The van der Waals surface area contributed by atoms with E-state index in [0.717, 1.165) is 25.0 Å². The molecule has 114 valence electrons. The van der Waals surface area contributed by atoms with E-state index in [-0.39, 0.29) is 11.4 Å². The van der Waals surface area contributed by atoms with Crippen molar-refractivity contribution in [3.05, 3.63) is 66.1 Å². The van der Waals surface area contributed by atoms with Crippen LogP contribution in [-0.4, -0.2) is 19.7 Å². The minimum atomic E-state index is -0.255. The summed E-state index contributed by atoms with van der Waals surface area (Å²) < 4.78 is 16.2. The van der Waals surface area contributed by atoms with Crippen molar-refractivity contribution >= 4 is 0 Å². The second-order valence-corrected chi connectivity index (χ2v) is 6.45. The van der Waals surface area contributed by atoms with Crippen LogP contribution < -0.4 is 0 Å². The highest BCUT2D eigenvalue weighted by Crippen LogP contribution is 2.57. The topological polar surface area (TPSA) is 43.6 Å². The molecule has 3 aromatic rings. The molecule has 0 saturated heterocycles. The Balaban J connectivity index is 1.67. The lowest BCUT2D eigenvalue weighted by molar-refractivity contribution is 0.362. The lowest BCUT2D eigenvalue weighted by atomic mass is 9.90. The van der Waals surface area contributed by atoms with E-state index >= 15 is 0 Å². The summed E-state index contributed by atoms with van der Waals surface area (Å²) in [5.41, 5.74) is 3.28. The summed E-state index contributed by atoms with van der Waals surface area (Å²) in [6.45, 7) is 0. The number of hydrogen-bond acceptors (Lipinski definition) is 3. The maximum absolute atomic E-state index is 14.0. The summed E-state index contributed by atoms with van der Waals surface area (Å²) in [5.74, 6) is 0.225. The van der Waals surface area contributed by atoms with Crippen molar-refractivity contribution < 1.29 is 4.39 Å². The predicted octanol–water partition coefficient (Wildman–Crippen LogP) is 3.50. The third-order valence-corrected chi connectivity index (χ3v) is 5.34. The Hall–Kier alpha value is -2.56. The Kier molecular flexibility index (Phi) is 2.52. The van der Waals surface area contributed by atoms with Gasteiger partial charge in [0.25, 0.3) is 0 Å². The van der Waals surface area contributed by atoms with Gasteiger partial charge in [-0.05, 0) is 48.9 Å². The van der Waals surface area contributed by atoms with E-state index in [9.17, 15) is 4.39 Å². The molecule has 2 atom stereocenters. The number of hydrogen-bond donors (Lipinski definition) is 0. The Bertz CT molecular complexity index is 890. The molecule has 2 bridgehead atoms. The molecule has 0 radical (unpaired) electrons. The average Bonchev–Trinajstić information content (AvgIpc) is 3.30. The molecule has 2 aromatic heterocycles. The number of benzene rings is 1. The first-order valence-corrected chi connectivity index (χ1v) is 7.89. The third-order valence-electron chi connectivity index (χ3n) is 5.34. The number of imidazole rings is 1. The van der Waals surface area contributed by atoms with E-state index in [4.69, 9.17) is 0 Å². The van der Waals surface area contributed by atoms with E-state index < -0.39 is 0 Å². The lowest BCUT2D eigenvalue weighted by Gasteiger charge is -2.28. The zero-order valence-electron chi connectivity index (χ0n) is 12.5. The number of aromatic nitrogens is 4. The van der Waals surface area contributed by atoms with E-state index in [1.165, 1.54) is 11.6 Å². The summed E-state index contributed by atoms with van der Waals surface area (Å²) >= 11 is 0. The van der Waals surface area contributed by atoms with Crippen LogP contribution in [0.5, 0.6) is 0 Å². The molecule has 1 fully saturated rings. The molecule has 1 saturated carbocycles. The molecule has 1 aromatic carbocycles. The predicted molar refractivity (Wildman–Crippen MR) is 83.3 cm³/mol. The Morgan fingerprint density at radius 2 is 2.13 bits per heavy atom. The van der Waals surface area contributed by atoms with Gasteiger partial charge in [0.1, 0.15) is 5.82 Å². The maximum Gasteiger partial charge on any atom is 0.132 e. The molecule has 5 rings (SSSR count). The number of rotatable bonds is 2. The largest absolute Gasteiger partial charge is 0.326 e. The first-order valence-electron chi connectivity index (χ1n) is 7.89. The van der Waals surface area contributed by atoms with Gasteiger partial charge in [0.2, 0.25) is 0 Å². The molecular formula is C18H15FN4. The fraction of sp³-hybridized carbons (Fsp3) is 0.278. The molecule has 0 aliphatic heterocycles. The van der Waals surface area contributed by atoms with Crippen molar-refractivity contribution in [3.8, 4) is 11.3 Å². The van der Waals surface area contributed by atoms with Crippen LogP contribution in [0.1, 0.15) is 36.4 Å². The maximum atomic E-state index is 14.0. The normalized spacial score (nSPS) is 24.8. The fourth-order valence-electron chi connectivity index (χ4n) is 4.25. The summed E-state index contributed by atoms with van der Waals surface area (Å²) in [6.07, 6.45) is 8.91. The van der Waals surface area contributed by atoms with Crippen LogP contribution in [0.25, 0.3) is 11.3 Å². The van der Waals surface area contributed by atoms with Crippen molar-refractivity contribution in [2.45, 2.75) is 30.7 Å². The molecule has 0 unspecified atom stereocenters. The van der Waals surface area contributed by atoms with Gasteiger partial charge in [0.15, 0.2) is 0 Å². The van der Waals surface area contributed by atoms with Crippen LogP contribution in [0.15, 0.2) is 49.1 Å². The summed E-state index contributed by atoms with van der Waals surface area (Å²) in [5, 5.41) is 8.85. The molecule has 0 N–H and O–H groups in total. The number of halogens is 1. The van der Waals surface area contributed by atoms with Crippen LogP contribution in [0, 0.1) is 5.82 Å². The first-order chi connectivity index (χ1) is 11.3. The average molecular weight is 306 g/mol. The van der Waals surface area contributed by atoms with Crippen molar-refractivity contribution in [3.63, 3.8) is 0 Å². The van der Waals surface area contributed by atoms with Gasteiger partial charge in [-0.15, -0.1) is 0 Å².